The minimum Gasteiger partial charge on any atom is -0.461 e. The van der Waals surface area contributed by atoms with Crippen LogP contribution in [0.4, 0.5) is 17.1 Å². The Morgan fingerprint density at radius 3 is 2.20 bits per heavy atom. The molecule has 0 fully saturated rings. The van der Waals surface area contributed by atoms with Gasteiger partial charge in [0, 0.05) is 18.0 Å². The smallest absolute Gasteiger partial charge is 0.222 e. The molecule has 3 rings (SSSR count). The van der Waals surface area contributed by atoms with Gasteiger partial charge in [-0.3, -0.25) is 4.79 Å². The first-order valence-corrected chi connectivity index (χ1v) is 7.80. The Kier molecular flexibility index (Phi) is 5.16. The third kappa shape index (κ3) is 4.75. The highest BCUT2D eigenvalue weighted by atomic mass is 16.3. The normalized spacial score (nSPS) is 11.2. The Balaban J connectivity index is 1.56. The van der Waals surface area contributed by atoms with E-state index >= 15 is 0 Å². The second kappa shape index (κ2) is 7.88. The number of aryl methyl sites for hydroxylation is 1. The van der Waals surface area contributed by atoms with Crippen molar-refractivity contribution in [2.24, 2.45) is 10.2 Å². The summed E-state index contributed by atoms with van der Waals surface area (Å²) < 4.78 is 5.03. The minimum absolute atomic E-state index is 0.194. The molecule has 2 aromatic carbocycles. The van der Waals surface area contributed by atoms with Crippen molar-refractivity contribution in [1.29, 1.82) is 0 Å². The number of rotatable bonds is 6. The van der Waals surface area contributed by atoms with Crippen LogP contribution in [-0.4, -0.2) is 5.78 Å². The zero-order valence-corrected chi connectivity index (χ0v) is 13.7. The third-order valence-electron chi connectivity index (χ3n) is 3.43. The maximum Gasteiger partial charge on any atom is 0.222 e. The van der Waals surface area contributed by atoms with Gasteiger partial charge in [-0.05, 0) is 55.5 Å². The van der Waals surface area contributed by atoms with E-state index in [1.165, 1.54) is 17.9 Å². The predicted octanol–water partition coefficient (Wildman–Crippen LogP) is 5.81. The summed E-state index contributed by atoms with van der Waals surface area (Å²) >= 11 is 0. The molecule has 0 radical (unpaired) electrons. The van der Waals surface area contributed by atoms with Gasteiger partial charge in [0.25, 0.3) is 0 Å². The standard InChI is InChI=1S/C20H17N3O2/c1-15-4-6-17(7-5-15)22-23-18-10-8-16(9-11-18)21-13-12-19(24)20-3-2-14-25-20/h2-14,21H,1H3/b13-12+,23-22?. The van der Waals surface area contributed by atoms with Gasteiger partial charge < -0.3 is 9.73 Å². The van der Waals surface area contributed by atoms with Crippen LogP contribution in [0.25, 0.3) is 0 Å². The monoisotopic (exact) mass is 331 g/mol. The molecule has 0 bridgehead atoms. The van der Waals surface area contributed by atoms with Crippen LogP contribution in [0.15, 0.2) is 93.8 Å². The molecule has 5 nitrogen and oxygen atoms in total. The maximum atomic E-state index is 11.7. The molecule has 5 heteroatoms. The Morgan fingerprint density at radius 2 is 1.60 bits per heavy atom. The second-order valence-corrected chi connectivity index (χ2v) is 5.40. The van der Waals surface area contributed by atoms with E-state index in [-0.39, 0.29) is 5.78 Å². The Bertz CT molecular complexity index is 878. The van der Waals surface area contributed by atoms with Crippen LogP contribution in [0.5, 0.6) is 0 Å². The van der Waals surface area contributed by atoms with E-state index in [0.717, 1.165) is 17.1 Å². The van der Waals surface area contributed by atoms with E-state index in [2.05, 4.69) is 15.5 Å². The van der Waals surface area contributed by atoms with Crippen LogP contribution < -0.4 is 5.32 Å². The highest BCUT2D eigenvalue weighted by molar-refractivity contribution is 6.02. The van der Waals surface area contributed by atoms with E-state index in [1.54, 1.807) is 18.3 Å². The first kappa shape index (κ1) is 16.4. The molecule has 0 aliphatic carbocycles. The van der Waals surface area contributed by atoms with E-state index < -0.39 is 0 Å². The van der Waals surface area contributed by atoms with Crippen molar-refractivity contribution < 1.29 is 9.21 Å². The number of nitrogens with zero attached hydrogens (tertiary/aromatic N) is 2. The molecule has 0 unspecified atom stereocenters. The summed E-state index contributed by atoms with van der Waals surface area (Å²) in [5, 5.41) is 11.4. The van der Waals surface area contributed by atoms with Crippen molar-refractivity contribution in [3.05, 3.63) is 90.5 Å². The molecule has 0 aliphatic heterocycles. The Hall–Kier alpha value is -3.47. The number of carbonyl (C=O) groups is 1. The summed E-state index contributed by atoms with van der Waals surface area (Å²) in [6.45, 7) is 2.03. The van der Waals surface area contributed by atoms with E-state index in [0.29, 0.717) is 5.76 Å². The van der Waals surface area contributed by atoms with E-state index in [1.807, 2.05) is 55.5 Å². The number of carbonyl (C=O) groups excluding carboxylic acids is 1. The summed E-state index contributed by atoms with van der Waals surface area (Å²) in [6, 6.07) is 18.6. The average Bonchev–Trinajstić information content (AvgIpc) is 3.17. The van der Waals surface area contributed by atoms with Crippen LogP contribution in [0.1, 0.15) is 16.1 Å². The molecular weight excluding hydrogens is 314 g/mol. The number of ketones is 1. The predicted molar refractivity (Wildman–Crippen MR) is 97.6 cm³/mol. The summed E-state index contributed by atoms with van der Waals surface area (Å²) in [5.41, 5.74) is 3.60. The summed E-state index contributed by atoms with van der Waals surface area (Å²) in [4.78, 5) is 11.7. The van der Waals surface area contributed by atoms with Gasteiger partial charge in [-0.15, -0.1) is 0 Å². The fourth-order valence-electron chi connectivity index (χ4n) is 2.07. The largest absolute Gasteiger partial charge is 0.461 e. The Labute approximate surface area is 145 Å². The van der Waals surface area contributed by atoms with Crippen molar-refractivity contribution in [1.82, 2.24) is 0 Å². The summed E-state index contributed by atoms with van der Waals surface area (Å²) in [5.74, 6) is 0.117. The average molecular weight is 331 g/mol. The topological polar surface area (TPSA) is 67.0 Å². The molecule has 0 saturated carbocycles. The molecule has 1 N–H and O–H groups in total. The van der Waals surface area contributed by atoms with Gasteiger partial charge in [0.2, 0.25) is 5.78 Å². The minimum atomic E-state index is -0.194. The van der Waals surface area contributed by atoms with Gasteiger partial charge in [-0.2, -0.15) is 10.2 Å². The van der Waals surface area contributed by atoms with Crippen molar-refractivity contribution in [3.63, 3.8) is 0 Å². The second-order valence-electron chi connectivity index (χ2n) is 5.40. The quantitative estimate of drug-likeness (QED) is 0.352. The first-order chi connectivity index (χ1) is 12.2. The van der Waals surface area contributed by atoms with Crippen molar-refractivity contribution >= 4 is 22.8 Å². The molecule has 0 saturated heterocycles. The first-order valence-electron chi connectivity index (χ1n) is 7.80. The number of allylic oxidation sites excluding steroid dienone is 1. The molecule has 1 aromatic heterocycles. The van der Waals surface area contributed by atoms with E-state index in [4.69, 9.17) is 4.42 Å². The molecule has 3 aromatic rings. The van der Waals surface area contributed by atoms with Crippen molar-refractivity contribution in [3.8, 4) is 0 Å². The SMILES string of the molecule is Cc1ccc(N=Nc2ccc(N/C=C/C(=O)c3ccco3)cc2)cc1. The van der Waals surface area contributed by atoms with Gasteiger partial charge >= 0.3 is 0 Å². The zero-order valence-electron chi connectivity index (χ0n) is 13.7. The van der Waals surface area contributed by atoms with Crippen molar-refractivity contribution in [2.45, 2.75) is 6.92 Å². The highest BCUT2D eigenvalue weighted by Crippen LogP contribution is 2.20. The summed E-state index contributed by atoms with van der Waals surface area (Å²) in [7, 11) is 0. The molecule has 25 heavy (non-hydrogen) atoms. The van der Waals surface area contributed by atoms with Crippen LogP contribution in [0.3, 0.4) is 0 Å². The maximum absolute atomic E-state index is 11.7. The third-order valence-corrected chi connectivity index (χ3v) is 3.43. The molecule has 0 aliphatic rings. The lowest BCUT2D eigenvalue weighted by molar-refractivity contribution is 0.102. The fourth-order valence-corrected chi connectivity index (χ4v) is 2.07. The van der Waals surface area contributed by atoms with Crippen molar-refractivity contribution in [2.75, 3.05) is 5.32 Å². The summed E-state index contributed by atoms with van der Waals surface area (Å²) in [6.07, 6.45) is 4.47. The number of anilines is 1. The molecular formula is C20H17N3O2. The van der Waals surface area contributed by atoms with Crippen LogP contribution in [0.2, 0.25) is 0 Å². The number of furan rings is 1. The van der Waals surface area contributed by atoms with Gasteiger partial charge in [0.15, 0.2) is 5.76 Å². The van der Waals surface area contributed by atoms with Gasteiger partial charge in [-0.1, -0.05) is 17.7 Å². The molecule has 1 heterocycles. The molecule has 0 atom stereocenters. The van der Waals surface area contributed by atoms with Crippen LogP contribution in [-0.2, 0) is 0 Å². The van der Waals surface area contributed by atoms with Gasteiger partial charge in [0.05, 0.1) is 17.6 Å². The Morgan fingerprint density at radius 1 is 0.960 bits per heavy atom. The zero-order chi connectivity index (χ0) is 17.5. The number of hydrogen-bond acceptors (Lipinski definition) is 5. The lowest BCUT2D eigenvalue weighted by Gasteiger charge is -2.00. The number of nitrogens with one attached hydrogen (secondary N) is 1. The van der Waals surface area contributed by atoms with Crippen LogP contribution in [0, 0.1) is 6.92 Å². The molecule has 124 valence electrons. The van der Waals surface area contributed by atoms with Gasteiger partial charge in [0.1, 0.15) is 0 Å². The molecule has 0 spiro atoms. The number of hydrogen-bond donors (Lipinski definition) is 1. The fraction of sp³-hybridized carbons (Fsp3) is 0.0500. The molecule has 0 amide bonds. The lowest BCUT2D eigenvalue weighted by atomic mass is 10.2. The highest BCUT2D eigenvalue weighted by Gasteiger charge is 2.03. The van der Waals surface area contributed by atoms with E-state index in [9.17, 15) is 4.79 Å². The number of azo groups is 1. The van der Waals surface area contributed by atoms with Gasteiger partial charge in [-0.25, -0.2) is 0 Å². The lowest BCUT2D eigenvalue weighted by Crippen LogP contribution is -1.94. The number of benzene rings is 2. The van der Waals surface area contributed by atoms with Crippen LogP contribution >= 0.6 is 0 Å².